The summed E-state index contributed by atoms with van der Waals surface area (Å²) in [7, 11) is 0. The van der Waals surface area contributed by atoms with Gasteiger partial charge in [-0.25, -0.2) is 15.2 Å². The highest BCUT2D eigenvalue weighted by molar-refractivity contribution is 5.95. The quantitative estimate of drug-likeness (QED) is 0.480. The number of nitrogens with zero attached hydrogens (tertiary/aromatic N) is 1. The lowest BCUT2D eigenvalue weighted by molar-refractivity contribution is 0.0952. The lowest BCUT2D eigenvalue weighted by Gasteiger charge is -2.06. The van der Waals surface area contributed by atoms with Crippen molar-refractivity contribution in [3.05, 3.63) is 23.6 Å². The molecule has 0 saturated carbocycles. The third-order valence-electron chi connectivity index (χ3n) is 1.61. The lowest BCUT2D eigenvalue weighted by atomic mass is 10.2. The van der Waals surface area contributed by atoms with E-state index >= 15 is 0 Å². The zero-order valence-electron chi connectivity index (χ0n) is 7.67. The molecule has 0 saturated heterocycles. The molecule has 1 aromatic rings. The van der Waals surface area contributed by atoms with E-state index in [1.807, 2.05) is 0 Å². The molecule has 0 radical (unpaired) electrons. The number of halogens is 1. The number of anilines is 1. The van der Waals surface area contributed by atoms with Crippen LogP contribution in [0.5, 0.6) is 0 Å². The maximum atomic E-state index is 13.4. The molecule has 1 rings (SSSR count). The normalized spacial score (nSPS) is 9.64. The van der Waals surface area contributed by atoms with Crippen LogP contribution in [0.3, 0.4) is 0 Å². The molecule has 76 valence electrons. The highest BCUT2D eigenvalue weighted by Gasteiger charge is 2.14. The fourth-order valence-electron chi connectivity index (χ4n) is 0.976. The van der Waals surface area contributed by atoms with Crippen LogP contribution >= 0.6 is 0 Å². The largest absolute Gasteiger partial charge is 0.352 e. The molecule has 6 heteroatoms. The summed E-state index contributed by atoms with van der Waals surface area (Å²) in [6, 6.07) is 1.29. The van der Waals surface area contributed by atoms with Crippen LogP contribution in [0.2, 0.25) is 0 Å². The van der Waals surface area contributed by atoms with Crippen molar-refractivity contribution in [1.82, 2.24) is 10.3 Å². The van der Waals surface area contributed by atoms with E-state index in [4.69, 9.17) is 5.84 Å². The summed E-state index contributed by atoms with van der Waals surface area (Å²) in [6.45, 7) is 2.19. The van der Waals surface area contributed by atoms with Crippen LogP contribution in [0.15, 0.2) is 12.3 Å². The molecule has 0 spiro atoms. The van der Waals surface area contributed by atoms with Crippen LogP contribution in [-0.2, 0) is 0 Å². The number of hydrogen-bond acceptors (Lipinski definition) is 4. The van der Waals surface area contributed by atoms with Gasteiger partial charge in [-0.2, -0.15) is 0 Å². The number of carbonyl (C=O) groups is 1. The zero-order chi connectivity index (χ0) is 10.6. The van der Waals surface area contributed by atoms with Gasteiger partial charge in [0.2, 0.25) is 0 Å². The van der Waals surface area contributed by atoms with E-state index in [1.165, 1.54) is 12.3 Å². The molecule has 0 aliphatic heterocycles. The number of nitrogens with one attached hydrogen (secondary N) is 2. The summed E-state index contributed by atoms with van der Waals surface area (Å²) < 4.78 is 13.4. The van der Waals surface area contributed by atoms with Gasteiger partial charge in [0, 0.05) is 12.7 Å². The van der Waals surface area contributed by atoms with Crippen molar-refractivity contribution < 1.29 is 9.18 Å². The first kappa shape index (κ1) is 10.4. The first-order valence-electron chi connectivity index (χ1n) is 4.10. The Morgan fingerprint density at radius 1 is 1.71 bits per heavy atom. The maximum absolute atomic E-state index is 13.4. The van der Waals surface area contributed by atoms with Gasteiger partial charge in [-0.15, -0.1) is 0 Å². The van der Waals surface area contributed by atoms with Crippen LogP contribution in [0.4, 0.5) is 10.2 Å². The molecule has 0 aromatic carbocycles. The van der Waals surface area contributed by atoms with E-state index in [0.29, 0.717) is 6.54 Å². The summed E-state index contributed by atoms with van der Waals surface area (Å²) >= 11 is 0. The summed E-state index contributed by atoms with van der Waals surface area (Å²) in [5.74, 6) is 3.63. The lowest BCUT2D eigenvalue weighted by Crippen LogP contribution is -2.24. The molecule has 1 amide bonds. The number of pyridine rings is 1. The molecule has 0 atom stereocenters. The fourth-order valence-corrected chi connectivity index (χ4v) is 0.976. The van der Waals surface area contributed by atoms with Crippen molar-refractivity contribution in [2.24, 2.45) is 5.84 Å². The van der Waals surface area contributed by atoms with Crippen molar-refractivity contribution in [1.29, 1.82) is 0 Å². The molecular weight excluding hydrogens is 187 g/mol. The topological polar surface area (TPSA) is 80.0 Å². The Kier molecular flexibility index (Phi) is 3.35. The minimum absolute atomic E-state index is 0.0743. The van der Waals surface area contributed by atoms with Crippen molar-refractivity contribution in [3.8, 4) is 0 Å². The Bertz CT molecular complexity index is 342. The molecule has 0 aliphatic carbocycles. The molecule has 1 heterocycles. The fraction of sp³-hybridized carbons (Fsp3) is 0.250. The Morgan fingerprint density at radius 2 is 2.43 bits per heavy atom. The van der Waals surface area contributed by atoms with Gasteiger partial charge in [0.05, 0.1) is 5.56 Å². The van der Waals surface area contributed by atoms with Crippen LogP contribution < -0.4 is 16.6 Å². The van der Waals surface area contributed by atoms with E-state index in [1.54, 1.807) is 6.92 Å². The number of rotatable bonds is 3. The number of amides is 1. The van der Waals surface area contributed by atoms with Gasteiger partial charge in [-0.1, -0.05) is 0 Å². The standard InChI is InChI=1S/C8H11FN4O/c1-2-11-8(14)5-3-4-12-7(13-10)6(5)9/h3-4H,2,10H2,1H3,(H,11,14)(H,12,13). The number of hydrogen-bond donors (Lipinski definition) is 3. The number of nitrogen functional groups attached to an aromatic ring is 1. The maximum Gasteiger partial charge on any atom is 0.254 e. The second-order valence-electron chi connectivity index (χ2n) is 2.52. The molecule has 0 bridgehead atoms. The van der Waals surface area contributed by atoms with E-state index < -0.39 is 11.7 Å². The van der Waals surface area contributed by atoms with E-state index in [-0.39, 0.29) is 11.4 Å². The number of aromatic nitrogens is 1. The number of nitrogens with two attached hydrogens (primary N) is 1. The Morgan fingerprint density at radius 3 is 3.00 bits per heavy atom. The van der Waals surface area contributed by atoms with Crippen molar-refractivity contribution >= 4 is 11.7 Å². The van der Waals surface area contributed by atoms with Gasteiger partial charge in [-0.3, -0.25) is 4.79 Å². The summed E-state index contributed by atoms with van der Waals surface area (Å²) in [6.07, 6.45) is 1.31. The van der Waals surface area contributed by atoms with E-state index in [9.17, 15) is 9.18 Å². The van der Waals surface area contributed by atoms with E-state index in [2.05, 4.69) is 15.7 Å². The summed E-state index contributed by atoms with van der Waals surface area (Å²) in [5.41, 5.74) is 1.99. The predicted octanol–water partition coefficient (Wildman–Crippen LogP) is 0.256. The van der Waals surface area contributed by atoms with Crippen LogP contribution in [0.25, 0.3) is 0 Å². The molecule has 4 N–H and O–H groups in total. The molecule has 0 fully saturated rings. The van der Waals surface area contributed by atoms with Gasteiger partial charge >= 0.3 is 0 Å². The molecular formula is C8H11FN4O. The van der Waals surface area contributed by atoms with Gasteiger partial charge < -0.3 is 10.7 Å². The Labute approximate surface area is 80.5 Å². The third kappa shape index (κ3) is 1.97. The Balaban J connectivity index is 3.03. The van der Waals surface area contributed by atoms with Crippen LogP contribution in [0, 0.1) is 5.82 Å². The molecule has 5 nitrogen and oxygen atoms in total. The first-order valence-corrected chi connectivity index (χ1v) is 4.10. The molecule has 14 heavy (non-hydrogen) atoms. The average Bonchev–Trinajstić information content (AvgIpc) is 2.18. The van der Waals surface area contributed by atoms with E-state index in [0.717, 1.165) is 0 Å². The van der Waals surface area contributed by atoms with Crippen LogP contribution in [0.1, 0.15) is 17.3 Å². The molecule has 0 unspecified atom stereocenters. The summed E-state index contributed by atoms with van der Waals surface area (Å²) in [5, 5.41) is 2.48. The average molecular weight is 198 g/mol. The highest BCUT2D eigenvalue weighted by Crippen LogP contribution is 2.13. The predicted molar refractivity (Wildman–Crippen MR) is 50.0 cm³/mol. The minimum atomic E-state index is -0.749. The molecule has 0 aliphatic rings. The first-order chi connectivity index (χ1) is 6.70. The van der Waals surface area contributed by atoms with Gasteiger partial charge in [-0.05, 0) is 13.0 Å². The number of carbonyl (C=O) groups excluding carboxylic acids is 1. The second kappa shape index (κ2) is 4.52. The monoisotopic (exact) mass is 198 g/mol. The summed E-state index contributed by atoms with van der Waals surface area (Å²) in [4.78, 5) is 14.9. The van der Waals surface area contributed by atoms with Gasteiger partial charge in [0.25, 0.3) is 5.91 Å². The number of hydrazine groups is 1. The van der Waals surface area contributed by atoms with Gasteiger partial charge in [0.1, 0.15) is 0 Å². The SMILES string of the molecule is CCNC(=O)c1ccnc(NN)c1F. The highest BCUT2D eigenvalue weighted by atomic mass is 19.1. The Hall–Kier alpha value is -1.69. The van der Waals surface area contributed by atoms with Crippen molar-refractivity contribution in [3.63, 3.8) is 0 Å². The zero-order valence-corrected chi connectivity index (χ0v) is 7.67. The molecule has 1 aromatic heterocycles. The smallest absolute Gasteiger partial charge is 0.254 e. The second-order valence-corrected chi connectivity index (χ2v) is 2.52. The van der Waals surface area contributed by atoms with Crippen molar-refractivity contribution in [2.45, 2.75) is 6.92 Å². The third-order valence-corrected chi connectivity index (χ3v) is 1.61. The van der Waals surface area contributed by atoms with Crippen LogP contribution in [-0.4, -0.2) is 17.4 Å². The van der Waals surface area contributed by atoms with Crippen molar-refractivity contribution in [2.75, 3.05) is 12.0 Å². The van der Waals surface area contributed by atoms with Gasteiger partial charge in [0.15, 0.2) is 11.6 Å². The minimum Gasteiger partial charge on any atom is -0.352 e.